The van der Waals surface area contributed by atoms with Crippen molar-refractivity contribution in [2.45, 2.75) is 25.4 Å². The van der Waals surface area contributed by atoms with Gasteiger partial charge >= 0.3 is 5.97 Å². The summed E-state index contributed by atoms with van der Waals surface area (Å²) in [7, 11) is 0. The monoisotopic (exact) mass is 296 g/mol. The lowest BCUT2D eigenvalue weighted by molar-refractivity contribution is -0.0112. The largest absolute Gasteiger partial charge is 0.451 e. The van der Waals surface area contributed by atoms with Gasteiger partial charge in [-0.15, -0.1) is 0 Å². The standard InChI is InChI=1S/C19H17FO2/c1-3-13-4-6-14(7-5-13)18(21)22-19(2)11-10-15-12-16(20)8-9-17(15)19/h3-9,12H,1,10-11H2,2H3. The Hall–Kier alpha value is -2.42. The van der Waals surface area contributed by atoms with Crippen LogP contribution < -0.4 is 0 Å². The fourth-order valence-corrected chi connectivity index (χ4v) is 2.92. The molecule has 0 amide bonds. The van der Waals surface area contributed by atoms with Crippen LogP contribution in [0.1, 0.15) is 40.4 Å². The Morgan fingerprint density at radius 2 is 2.00 bits per heavy atom. The van der Waals surface area contributed by atoms with Gasteiger partial charge in [-0.1, -0.05) is 30.9 Å². The summed E-state index contributed by atoms with van der Waals surface area (Å²) >= 11 is 0. The molecule has 1 atom stereocenters. The molecule has 112 valence electrons. The molecular formula is C19H17FO2. The number of rotatable bonds is 3. The van der Waals surface area contributed by atoms with Gasteiger partial charge in [0, 0.05) is 0 Å². The lowest BCUT2D eigenvalue weighted by Gasteiger charge is -2.26. The highest BCUT2D eigenvalue weighted by molar-refractivity contribution is 5.90. The van der Waals surface area contributed by atoms with Crippen LogP contribution in [0, 0.1) is 5.82 Å². The first-order valence-electron chi connectivity index (χ1n) is 7.26. The highest BCUT2D eigenvalue weighted by atomic mass is 19.1. The van der Waals surface area contributed by atoms with E-state index in [0.717, 1.165) is 16.7 Å². The number of hydrogen-bond acceptors (Lipinski definition) is 2. The van der Waals surface area contributed by atoms with Crippen molar-refractivity contribution in [2.75, 3.05) is 0 Å². The van der Waals surface area contributed by atoms with Crippen LogP contribution in [0.4, 0.5) is 4.39 Å². The van der Waals surface area contributed by atoms with E-state index in [1.165, 1.54) is 12.1 Å². The maximum Gasteiger partial charge on any atom is 0.339 e. The van der Waals surface area contributed by atoms with Gasteiger partial charge in [-0.05, 0) is 60.7 Å². The highest BCUT2D eigenvalue weighted by Crippen LogP contribution is 2.40. The second kappa shape index (κ2) is 5.41. The minimum atomic E-state index is -0.697. The summed E-state index contributed by atoms with van der Waals surface area (Å²) in [6, 6.07) is 11.7. The summed E-state index contributed by atoms with van der Waals surface area (Å²) in [6.07, 6.45) is 3.10. The van der Waals surface area contributed by atoms with Crippen LogP contribution in [0.15, 0.2) is 49.0 Å². The third kappa shape index (κ3) is 2.54. The molecule has 0 fully saturated rings. The molecule has 1 aliphatic carbocycles. The lowest BCUT2D eigenvalue weighted by Crippen LogP contribution is -2.26. The van der Waals surface area contributed by atoms with Gasteiger partial charge in [0.1, 0.15) is 11.4 Å². The molecule has 0 N–H and O–H groups in total. The Morgan fingerprint density at radius 3 is 2.68 bits per heavy atom. The fraction of sp³-hybridized carbons (Fsp3) is 0.211. The summed E-state index contributed by atoms with van der Waals surface area (Å²) in [4.78, 5) is 12.4. The van der Waals surface area contributed by atoms with Gasteiger partial charge in [0.25, 0.3) is 0 Å². The zero-order valence-corrected chi connectivity index (χ0v) is 12.4. The smallest absolute Gasteiger partial charge is 0.339 e. The number of carbonyl (C=O) groups excluding carboxylic acids is 1. The van der Waals surface area contributed by atoms with E-state index < -0.39 is 5.60 Å². The van der Waals surface area contributed by atoms with E-state index >= 15 is 0 Å². The number of aryl methyl sites for hydroxylation is 1. The predicted molar refractivity (Wildman–Crippen MR) is 84.0 cm³/mol. The minimum absolute atomic E-state index is 0.255. The highest BCUT2D eigenvalue weighted by Gasteiger charge is 2.38. The predicted octanol–water partition coefficient (Wildman–Crippen LogP) is 4.49. The first-order chi connectivity index (χ1) is 10.5. The van der Waals surface area contributed by atoms with Gasteiger partial charge in [-0.25, -0.2) is 9.18 Å². The zero-order chi connectivity index (χ0) is 15.7. The Kier molecular flexibility index (Phi) is 3.57. The van der Waals surface area contributed by atoms with Crippen LogP contribution >= 0.6 is 0 Å². The molecule has 3 rings (SSSR count). The van der Waals surface area contributed by atoms with Crippen molar-refractivity contribution in [2.24, 2.45) is 0 Å². The summed E-state index contributed by atoms with van der Waals surface area (Å²) in [6.45, 7) is 5.57. The fourth-order valence-electron chi connectivity index (χ4n) is 2.92. The van der Waals surface area contributed by atoms with E-state index in [9.17, 15) is 9.18 Å². The molecule has 0 saturated heterocycles. The second-order valence-electron chi connectivity index (χ2n) is 5.75. The van der Waals surface area contributed by atoms with Crippen molar-refractivity contribution in [3.63, 3.8) is 0 Å². The Balaban J connectivity index is 1.83. The van der Waals surface area contributed by atoms with Crippen molar-refractivity contribution in [3.05, 3.63) is 77.1 Å². The summed E-state index contributed by atoms with van der Waals surface area (Å²) in [5.74, 6) is -0.621. The average molecular weight is 296 g/mol. The first kappa shape index (κ1) is 14.5. The van der Waals surface area contributed by atoms with Crippen LogP contribution in [0.3, 0.4) is 0 Å². The second-order valence-corrected chi connectivity index (χ2v) is 5.75. The number of carbonyl (C=O) groups is 1. The number of hydrogen-bond donors (Lipinski definition) is 0. The van der Waals surface area contributed by atoms with E-state index in [-0.39, 0.29) is 11.8 Å². The number of esters is 1. The molecule has 1 aliphatic rings. The molecule has 2 nitrogen and oxygen atoms in total. The third-order valence-electron chi connectivity index (χ3n) is 4.21. The molecule has 0 spiro atoms. The van der Waals surface area contributed by atoms with Crippen LogP contribution in [0.5, 0.6) is 0 Å². The molecular weight excluding hydrogens is 279 g/mol. The van der Waals surface area contributed by atoms with E-state index in [4.69, 9.17) is 4.74 Å². The molecule has 1 unspecified atom stereocenters. The van der Waals surface area contributed by atoms with Gasteiger partial charge in [0.05, 0.1) is 5.56 Å². The molecule has 22 heavy (non-hydrogen) atoms. The average Bonchev–Trinajstić information content (AvgIpc) is 2.83. The van der Waals surface area contributed by atoms with Crippen molar-refractivity contribution in [3.8, 4) is 0 Å². The van der Waals surface area contributed by atoms with Gasteiger partial charge in [0.15, 0.2) is 0 Å². The zero-order valence-electron chi connectivity index (χ0n) is 12.4. The number of fused-ring (bicyclic) bond motifs is 1. The van der Waals surface area contributed by atoms with Crippen LogP contribution in [0.2, 0.25) is 0 Å². The molecule has 3 heteroatoms. The normalized spacial score (nSPS) is 19.5. The van der Waals surface area contributed by atoms with E-state index in [1.54, 1.807) is 24.3 Å². The number of halogens is 1. The quantitative estimate of drug-likeness (QED) is 0.780. The van der Waals surface area contributed by atoms with Crippen molar-refractivity contribution in [1.29, 1.82) is 0 Å². The first-order valence-corrected chi connectivity index (χ1v) is 7.26. The molecule has 0 radical (unpaired) electrons. The Bertz CT molecular complexity index is 734. The van der Waals surface area contributed by atoms with Crippen molar-refractivity contribution >= 4 is 12.0 Å². The molecule has 0 heterocycles. The van der Waals surface area contributed by atoms with Gasteiger partial charge in [0.2, 0.25) is 0 Å². The molecule has 0 bridgehead atoms. The molecule has 0 saturated carbocycles. The minimum Gasteiger partial charge on any atom is -0.451 e. The molecule has 2 aromatic rings. The molecule has 0 aliphatic heterocycles. The summed E-state index contributed by atoms with van der Waals surface area (Å²) < 4.78 is 19.0. The lowest BCUT2D eigenvalue weighted by atomic mass is 9.98. The maximum atomic E-state index is 13.3. The van der Waals surface area contributed by atoms with Gasteiger partial charge in [-0.3, -0.25) is 0 Å². The van der Waals surface area contributed by atoms with Crippen molar-refractivity contribution < 1.29 is 13.9 Å². The SMILES string of the molecule is C=Cc1ccc(C(=O)OC2(C)CCc3cc(F)ccc32)cc1. The topological polar surface area (TPSA) is 26.3 Å². The van der Waals surface area contributed by atoms with Gasteiger partial charge in [-0.2, -0.15) is 0 Å². The van der Waals surface area contributed by atoms with Crippen molar-refractivity contribution in [1.82, 2.24) is 0 Å². The number of ether oxygens (including phenoxy) is 1. The Labute approximate surface area is 129 Å². The molecule has 0 aromatic heterocycles. The van der Waals surface area contributed by atoms with E-state index in [1.807, 2.05) is 19.1 Å². The maximum absolute atomic E-state index is 13.3. The van der Waals surface area contributed by atoms with E-state index in [2.05, 4.69) is 6.58 Å². The van der Waals surface area contributed by atoms with E-state index in [0.29, 0.717) is 18.4 Å². The van der Waals surface area contributed by atoms with Crippen LogP contribution in [-0.4, -0.2) is 5.97 Å². The number of benzene rings is 2. The van der Waals surface area contributed by atoms with Crippen LogP contribution in [0.25, 0.3) is 6.08 Å². The van der Waals surface area contributed by atoms with Gasteiger partial charge < -0.3 is 4.74 Å². The van der Waals surface area contributed by atoms with Crippen LogP contribution in [-0.2, 0) is 16.8 Å². The molecule has 2 aromatic carbocycles. The summed E-state index contributed by atoms with van der Waals surface area (Å²) in [5, 5.41) is 0. The summed E-state index contributed by atoms with van der Waals surface area (Å²) in [5.41, 5.74) is 2.56. The Morgan fingerprint density at radius 1 is 1.27 bits per heavy atom. The third-order valence-corrected chi connectivity index (χ3v) is 4.21.